The van der Waals surface area contributed by atoms with Crippen molar-refractivity contribution in [3.8, 4) is 0 Å². The van der Waals surface area contributed by atoms with Crippen molar-refractivity contribution in [2.75, 3.05) is 17.3 Å². The number of nitrogens with zero attached hydrogens (tertiary/aromatic N) is 2. The molecule has 0 radical (unpaired) electrons. The summed E-state index contributed by atoms with van der Waals surface area (Å²) < 4.78 is 12.4. The van der Waals surface area contributed by atoms with Crippen LogP contribution in [-0.2, 0) is 16.0 Å². The first kappa shape index (κ1) is 18.0. The summed E-state index contributed by atoms with van der Waals surface area (Å²) in [6.07, 6.45) is 0. The van der Waals surface area contributed by atoms with E-state index in [1.54, 1.807) is 17.0 Å². The minimum absolute atomic E-state index is 0.0197. The van der Waals surface area contributed by atoms with Crippen LogP contribution >= 0.6 is 11.6 Å². The molecule has 0 saturated carbocycles. The van der Waals surface area contributed by atoms with Gasteiger partial charge in [0.15, 0.2) is 5.88 Å². The molecule has 0 bridgehead atoms. The lowest BCUT2D eigenvalue weighted by Crippen LogP contribution is -2.39. The van der Waals surface area contributed by atoms with E-state index in [0.29, 0.717) is 10.7 Å². The maximum absolute atomic E-state index is 12.6. The van der Waals surface area contributed by atoms with E-state index in [1.807, 2.05) is 50.2 Å². The van der Waals surface area contributed by atoms with E-state index in [2.05, 4.69) is 4.99 Å². The van der Waals surface area contributed by atoms with Gasteiger partial charge in [-0.25, -0.2) is 0 Å². The number of amides is 1. The van der Waals surface area contributed by atoms with Crippen LogP contribution in [0.4, 0.5) is 5.69 Å². The van der Waals surface area contributed by atoms with Gasteiger partial charge in [-0.2, -0.15) is 0 Å². The normalized spacial score (nSPS) is 15.6. The number of hydrogen-bond donors (Lipinski definition) is 0. The molecule has 0 N–H and O–H groups in total. The van der Waals surface area contributed by atoms with Crippen LogP contribution < -0.4 is 4.90 Å². The van der Waals surface area contributed by atoms with Crippen LogP contribution in [0.1, 0.15) is 25.0 Å². The van der Waals surface area contributed by atoms with Gasteiger partial charge in [0, 0.05) is 16.1 Å². The van der Waals surface area contributed by atoms with Gasteiger partial charge in [0.05, 0.1) is 11.4 Å². The van der Waals surface area contributed by atoms with Gasteiger partial charge in [-0.15, -0.1) is 0 Å². The van der Waals surface area contributed by atoms with Gasteiger partial charge in [0.25, 0.3) is 5.91 Å². The highest BCUT2D eigenvalue weighted by Crippen LogP contribution is 2.30. The number of halogens is 1. The second kappa shape index (κ2) is 7.60. The summed E-state index contributed by atoms with van der Waals surface area (Å²) in [5.74, 6) is -0.00794. The molecule has 3 rings (SSSR count). The molecular weight excluding hydrogens is 356 g/mol. The molecule has 1 atom stereocenters. The van der Waals surface area contributed by atoms with Gasteiger partial charge < -0.3 is 4.55 Å². The van der Waals surface area contributed by atoms with Gasteiger partial charge in [0.2, 0.25) is 0 Å². The van der Waals surface area contributed by atoms with E-state index < -0.39 is 11.2 Å². The minimum atomic E-state index is -1.14. The monoisotopic (exact) mass is 374 g/mol. The van der Waals surface area contributed by atoms with Crippen LogP contribution in [0.3, 0.4) is 0 Å². The first-order valence-electron chi connectivity index (χ1n) is 8.04. The summed E-state index contributed by atoms with van der Waals surface area (Å²) in [4.78, 5) is 18.7. The van der Waals surface area contributed by atoms with Crippen LogP contribution in [0.15, 0.2) is 53.5 Å². The molecule has 0 saturated heterocycles. The third-order valence-electron chi connectivity index (χ3n) is 4.01. The largest absolute Gasteiger partial charge is 0.615 e. The Morgan fingerprint density at radius 3 is 2.64 bits per heavy atom. The molecule has 0 spiro atoms. The number of aliphatic imine (C=N–C) groups is 1. The number of carbonyl (C=O) groups excluding carboxylic acids is 1. The maximum Gasteiger partial charge on any atom is 0.252 e. The molecule has 1 amide bonds. The Bertz CT molecular complexity index is 808. The zero-order chi connectivity index (χ0) is 18.0. The maximum atomic E-state index is 12.6. The van der Waals surface area contributed by atoms with Crippen molar-refractivity contribution in [1.82, 2.24) is 0 Å². The second-order valence-electron chi connectivity index (χ2n) is 6.07. The molecule has 0 aliphatic carbocycles. The molecule has 1 heterocycles. The Hall–Kier alpha value is -1.82. The first-order valence-corrected chi connectivity index (χ1v) is 9.80. The lowest BCUT2D eigenvalue weighted by Gasteiger charge is -2.25. The fraction of sp³-hybridized carbons (Fsp3) is 0.263. The smallest absolute Gasteiger partial charge is 0.252 e. The standard InChI is InChI=1S/C19H19ClN2O2S/c1-13(2)25(24)12-22-17-9-8-15(20)10-16(17)19(21-11-18(22)23)14-6-4-3-5-7-14/h3-10,13H,11-12H2,1-2H3. The van der Waals surface area contributed by atoms with Gasteiger partial charge in [-0.05, 0) is 43.2 Å². The quantitative estimate of drug-likeness (QED) is 0.767. The average Bonchev–Trinajstić information content (AvgIpc) is 2.73. The van der Waals surface area contributed by atoms with E-state index in [1.165, 1.54) is 0 Å². The number of benzene rings is 2. The number of benzodiazepines with no additional fused rings is 1. The van der Waals surface area contributed by atoms with E-state index in [-0.39, 0.29) is 23.6 Å². The summed E-state index contributed by atoms with van der Waals surface area (Å²) >= 11 is 5.06. The number of anilines is 1. The minimum Gasteiger partial charge on any atom is -0.615 e. The molecule has 1 unspecified atom stereocenters. The fourth-order valence-corrected chi connectivity index (χ4v) is 3.65. The predicted molar refractivity (Wildman–Crippen MR) is 104 cm³/mol. The van der Waals surface area contributed by atoms with Gasteiger partial charge in [0.1, 0.15) is 11.8 Å². The molecule has 25 heavy (non-hydrogen) atoms. The second-order valence-corrected chi connectivity index (χ2v) is 8.47. The van der Waals surface area contributed by atoms with Gasteiger partial charge in [-0.1, -0.05) is 41.9 Å². The molecule has 4 nitrogen and oxygen atoms in total. The zero-order valence-electron chi connectivity index (χ0n) is 14.1. The molecule has 0 fully saturated rings. The van der Waals surface area contributed by atoms with E-state index in [4.69, 9.17) is 11.6 Å². The Balaban J connectivity index is 2.10. The van der Waals surface area contributed by atoms with Crippen molar-refractivity contribution in [1.29, 1.82) is 0 Å². The Morgan fingerprint density at radius 1 is 1.24 bits per heavy atom. The van der Waals surface area contributed by atoms with Crippen molar-refractivity contribution < 1.29 is 9.35 Å². The molecule has 0 aromatic heterocycles. The summed E-state index contributed by atoms with van der Waals surface area (Å²) in [5, 5.41) is 0.544. The SMILES string of the molecule is CC(C)[S+]([O-])CN1C(=O)CN=C(c2ccccc2)c2cc(Cl)ccc21. The highest BCUT2D eigenvalue weighted by atomic mass is 35.5. The van der Waals surface area contributed by atoms with Gasteiger partial charge >= 0.3 is 0 Å². The molecule has 2 aromatic rings. The van der Waals surface area contributed by atoms with Crippen molar-refractivity contribution in [3.63, 3.8) is 0 Å². The van der Waals surface area contributed by atoms with Crippen LogP contribution in [0.5, 0.6) is 0 Å². The Morgan fingerprint density at radius 2 is 1.96 bits per heavy atom. The van der Waals surface area contributed by atoms with E-state index >= 15 is 0 Å². The highest BCUT2D eigenvalue weighted by Gasteiger charge is 2.29. The third-order valence-corrected chi connectivity index (χ3v) is 5.81. The van der Waals surface area contributed by atoms with E-state index in [0.717, 1.165) is 16.8 Å². The van der Waals surface area contributed by atoms with Crippen molar-refractivity contribution in [3.05, 3.63) is 64.7 Å². The summed E-state index contributed by atoms with van der Waals surface area (Å²) in [6.45, 7) is 3.78. The number of fused-ring (bicyclic) bond motifs is 1. The zero-order valence-corrected chi connectivity index (χ0v) is 15.7. The lowest BCUT2D eigenvalue weighted by molar-refractivity contribution is -0.117. The number of rotatable bonds is 4. The number of hydrogen-bond acceptors (Lipinski definition) is 3. The van der Waals surface area contributed by atoms with Crippen molar-refractivity contribution >= 4 is 40.1 Å². The van der Waals surface area contributed by atoms with Gasteiger partial charge in [-0.3, -0.25) is 14.7 Å². The fourth-order valence-electron chi connectivity index (χ4n) is 2.65. The molecule has 130 valence electrons. The van der Waals surface area contributed by atoms with Crippen LogP contribution in [0, 0.1) is 0 Å². The summed E-state index contributed by atoms with van der Waals surface area (Å²) in [7, 11) is 0. The van der Waals surface area contributed by atoms with Crippen LogP contribution in [0.25, 0.3) is 0 Å². The average molecular weight is 375 g/mol. The van der Waals surface area contributed by atoms with Crippen molar-refractivity contribution in [2.45, 2.75) is 19.1 Å². The lowest BCUT2D eigenvalue weighted by atomic mass is 10.0. The topological polar surface area (TPSA) is 55.7 Å². The summed E-state index contributed by atoms with van der Waals surface area (Å²) in [5.41, 5.74) is 3.13. The van der Waals surface area contributed by atoms with Crippen LogP contribution in [-0.4, -0.2) is 33.8 Å². The molecule has 6 heteroatoms. The molecule has 1 aliphatic heterocycles. The predicted octanol–water partition coefficient (Wildman–Crippen LogP) is 3.64. The van der Waals surface area contributed by atoms with Crippen LogP contribution in [0.2, 0.25) is 5.02 Å². The summed E-state index contributed by atoms with van der Waals surface area (Å²) in [6, 6.07) is 15.1. The Kier molecular flexibility index (Phi) is 5.47. The first-order chi connectivity index (χ1) is 12.0. The molecular formula is C19H19ClN2O2S. The van der Waals surface area contributed by atoms with Crippen molar-refractivity contribution in [2.24, 2.45) is 4.99 Å². The Labute approximate surface area is 155 Å². The molecule has 1 aliphatic rings. The van der Waals surface area contributed by atoms with E-state index in [9.17, 15) is 9.35 Å². The molecule has 2 aromatic carbocycles. The third kappa shape index (κ3) is 3.89. The highest BCUT2D eigenvalue weighted by molar-refractivity contribution is 7.92. The number of carbonyl (C=O) groups is 1.